The first-order chi connectivity index (χ1) is 14.0. The maximum absolute atomic E-state index is 12.8. The van der Waals surface area contributed by atoms with Gasteiger partial charge in [0.1, 0.15) is 16.5 Å². The highest BCUT2D eigenvalue weighted by atomic mass is 32.2. The molecule has 0 saturated carbocycles. The van der Waals surface area contributed by atoms with Crippen molar-refractivity contribution in [1.29, 1.82) is 0 Å². The standard InChI is InChI=1S/C20H20N4O4S/c1-13-9-15(24-28-13)12-29-20-17(7-4-8-22-20)19(26)23-14-5-3-6-16(10-14)27-11-18(25)21-2/h3-10H,11-12H2,1-2H3,(H,21,25)(H,23,26). The molecule has 2 heterocycles. The lowest BCUT2D eigenvalue weighted by atomic mass is 10.2. The summed E-state index contributed by atoms with van der Waals surface area (Å²) in [6.45, 7) is 1.73. The van der Waals surface area contributed by atoms with Crippen LogP contribution in [0, 0.1) is 6.92 Å². The SMILES string of the molecule is CNC(=O)COc1cccc(NC(=O)c2cccnc2SCc2cc(C)on2)c1. The van der Waals surface area contributed by atoms with E-state index < -0.39 is 0 Å². The topological polar surface area (TPSA) is 106 Å². The number of pyridine rings is 1. The molecule has 0 spiro atoms. The van der Waals surface area contributed by atoms with Crippen molar-refractivity contribution < 1.29 is 18.8 Å². The number of aryl methyl sites for hydroxylation is 1. The maximum atomic E-state index is 12.8. The van der Waals surface area contributed by atoms with Crippen LogP contribution in [-0.4, -0.2) is 35.6 Å². The third-order valence-corrected chi connectivity index (χ3v) is 4.83. The smallest absolute Gasteiger partial charge is 0.258 e. The van der Waals surface area contributed by atoms with Crippen molar-refractivity contribution in [2.75, 3.05) is 19.0 Å². The lowest BCUT2D eigenvalue weighted by molar-refractivity contribution is -0.122. The minimum atomic E-state index is -0.291. The zero-order valence-electron chi connectivity index (χ0n) is 16.0. The number of amides is 2. The van der Waals surface area contributed by atoms with Crippen molar-refractivity contribution in [3.05, 3.63) is 65.7 Å². The van der Waals surface area contributed by atoms with Crippen LogP contribution in [-0.2, 0) is 10.5 Å². The van der Waals surface area contributed by atoms with Crippen molar-refractivity contribution in [3.63, 3.8) is 0 Å². The van der Waals surface area contributed by atoms with E-state index in [1.165, 1.54) is 18.8 Å². The van der Waals surface area contributed by atoms with Crippen LogP contribution >= 0.6 is 11.8 Å². The van der Waals surface area contributed by atoms with Crippen LogP contribution in [0.5, 0.6) is 5.75 Å². The average molecular weight is 412 g/mol. The summed E-state index contributed by atoms with van der Waals surface area (Å²) < 4.78 is 10.5. The molecule has 29 heavy (non-hydrogen) atoms. The van der Waals surface area contributed by atoms with E-state index in [-0.39, 0.29) is 18.4 Å². The number of benzene rings is 1. The van der Waals surface area contributed by atoms with Gasteiger partial charge in [-0.3, -0.25) is 9.59 Å². The fourth-order valence-corrected chi connectivity index (χ4v) is 3.26. The molecule has 0 atom stereocenters. The van der Waals surface area contributed by atoms with Crippen LogP contribution in [0.25, 0.3) is 0 Å². The van der Waals surface area contributed by atoms with E-state index in [4.69, 9.17) is 9.26 Å². The first-order valence-corrected chi connectivity index (χ1v) is 9.78. The zero-order chi connectivity index (χ0) is 20.6. The first kappa shape index (κ1) is 20.4. The fourth-order valence-electron chi connectivity index (χ4n) is 2.39. The molecule has 0 radical (unpaired) electrons. The highest BCUT2D eigenvalue weighted by Crippen LogP contribution is 2.25. The Morgan fingerprint density at radius 1 is 1.21 bits per heavy atom. The lowest BCUT2D eigenvalue weighted by Crippen LogP contribution is -2.24. The normalized spacial score (nSPS) is 10.4. The van der Waals surface area contributed by atoms with Crippen LogP contribution < -0.4 is 15.4 Å². The molecular weight excluding hydrogens is 392 g/mol. The molecule has 0 aliphatic rings. The number of nitrogens with zero attached hydrogens (tertiary/aromatic N) is 2. The molecular formula is C20H20N4O4S. The number of nitrogens with one attached hydrogen (secondary N) is 2. The average Bonchev–Trinajstić information content (AvgIpc) is 3.16. The van der Waals surface area contributed by atoms with E-state index >= 15 is 0 Å². The second-order valence-electron chi connectivity index (χ2n) is 6.02. The molecule has 0 unspecified atom stereocenters. The number of carbonyl (C=O) groups is 2. The number of hydrogen-bond acceptors (Lipinski definition) is 7. The van der Waals surface area contributed by atoms with E-state index in [2.05, 4.69) is 20.8 Å². The van der Waals surface area contributed by atoms with E-state index in [9.17, 15) is 9.59 Å². The van der Waals surface area contributed by atoms with Gasteiger partial charge in [0.05, 0.1) is 11.3 Å². The molecule has 2 N–H and O–H groups in total. The summed E-state index contributed by atoms with van der Waals surface area (Å²) in [7, 11) is 1.54. The van der Waals surface area contributed by atoms with Crippen LogP contribution in [0.4, 0.5) is 5.69 Å². The molecule has 0 fully saturated rings. The lowest BCUT2D eigenvalue weighted by Gasteiger charge is -2.10. The van der Waals surface area contributed by atoms with Crippen LogP contribution in [0.15, 0.2) is 58.2 Å². The Morgan fingerprint density at radius 3 is 2.83 bits per heavy atom. The Labute approximate surface area is 172 Å². The predicted molar refractivity (Wildman–Crippen MR) is 109 cm³/mol. The summed E-state index contributed by atoms with van der Waals surface area (Å²) in [6.07, 6.45) is 1.64. The Balaban J connectivity index is 1.67. The predicted octanol–water partition coefficient (Wildman–Crippen LogP) is 3.05. The van der Waals surface area contributed by atoms with Crippen LogP contribution in [0.2, 0.25) is 0 Å². The zero-order valence-corrected chi connectivity index (χ0v) is 16.8. The van der Waals surface area contributed by atoms with E-state index in [1.807, 2.05) is 13.0 Å². The largest absolute Gasteiger partial charge is 0.484 e. The number of hydrogen-bond donors (Lipinski definition) is 2. The third kappa shape index (κ3) is 5.82. The van der Waals surface area contributed by atoms with Gasteiger partial charge in [0, 0.05) is 36.8 Å². The minimum absolute atomic E-state index is 0.0984. The van der Waals surface area contributed by atoms with Crippen molar-refractivity contribution in [2.45, 2.75) is 17.7 Å². The molecule has 8 nitrogen and oxygen atoms in total. The monoisotopic (exact) mass is 412 g/mol. The summed E-state index contributed by atoms with van der Waals surface area (Å²) in [4.78, 5) is 28.4. The van der Waals surface area contributed by atoms with Gasteiger partial charge in [-0.2, -0.15) is 0 Å². The van der Waals surface area contributed by atoms with Gasteiger partial charge in [-0.25, -0.2) is 4.98 Å². The summed E-state index contributed by atoms with van der Waals surface area (Å²) in [5.74, 6) is 1.23. The molecule has 2 aromatic heterocycles. The van der Waals surface area contributed by atoms with E-state index in [0.717, 1.165) is 11.5 Å². The van der Waals surface area contributed by atoms with Gasteiger partial charge in [0.25, 0.3) is 11.8 Å². The van der Waals surface area contributed by atoms with Crippen molar-refractivity contribution in [2.24, 2.45) is 0 Å². The Bertz CT molecular complexity index is 1010. The minimum Gasteiger partial charge on any atom is -0.484 e. The second-order valence-corrected chi connectivity index (χ2v) is 6.98. The molecule has 9 heteroatoms. The number of thioether (sulfide) groups is 1. The van der Waals surface area contributed by atoms with Crippen molar-refractivity contribution in [1.82, 2.24) is 15.5 Å². The molecule has 2 amide bonds. The highest BCUT2D eigenvalue weighted by Gasteiger charge is 2.14. The molecule has 0 aliphatic heterocycles. The van der Waals surface area contributed by atoms with Gasteiger partial charge in [-0.05, 0) is 31.2 Å². The maximum Gasteiger partial charge on any atom is 0.258 e. The Morgan fingerprint density at radius 2 is 2.07 bits per heavy atom. The number of rotatable bonds is 8. The first-order valence-electron chi connectivity index (χ1n) is 8.80. The highest BCUT2D eigenvalue weighted by molar-refractivity contribution is 7.98. The Kier molecular flexibility index (Phi) is 6.85. The fraction of sp³-hybridized carbons (Fsp3) is 0.200. The van der Waals surface area contributed by atoms with Crippen molar-refractivity contribution >= 4 is 29.3 Å². The number of likely N-dealkylation sites (N-methyl/N-ethyl adjacent to an activating group) is 1. The molecule has 150 valence electrons. The number of carbonyl (C=O) groups excluding carboxylic acids is 2. The van der Waals surface area contributed by atoms with Crippen LogP contribution in [0.3, 0.4) is 0 Å². The molecule has 3 aromatic rings. The van der Waals surface area contributed by atoms with Gasteiger partial charge < -0.3 is 19.9 Å². The van der Waals surface area contributed by atoms with Crippen molar-refractivity contribution in [3.8, 4) is 5.75 Å². The van der Waals surface area contributed by atoms with Gasteiger partial charge in [0.15, 0.2) is 6.61 Å². The van der Waals surface area contributed by atoms with E-state index in [0.29, 0.717) is 27.8 Å². The number of ether oxygens (including phenoxy) is 1. The third-order valence-electron chi connectivity index (χ3n) is 3.79. The molecule has 3 rings (SSSR count). The van der Waals surface area contributed by atoms with E-state index in [1.54, 1.807) is 42.6 Å². The summed E-state index contributed by atoms with van der Waals surface area (Å²) >= 11 is 1.41. The van der Waals surface area contributed by atoms with Gasteiger partial charge >= 0.3 is 0 Å². The second kappa shape index (κ2) is 9.74. The quantitative estimate of drug-likeness (QED) is 0.548. The molecule has 0 bridgehead atoms. The van der Waals surface area contributed by atoms with Crippen LogP contribution in [0.1, 0.15) is 21.8 Å². The summed E-state index contributed by atoms with van der Waals surface area (Å²) in [5.41, 5.74) is 1.79. The molecule has 1 aromatic carbocycles. The number of aromatic nitrogens is 2. The molecule has 0 saturated heterocycles. The Hall–Kier alpha value is -3.33. The molecule has 0 aliphatic carbocycles. The van der Waals surface area contributed by atoms with Gasteiger partial charge in [0.2, 0.25) is 0 Å². The van der Waals surface area contributed by atoms with Gasteiger partial charge in [-0.15, -0.1) is 0 Å². The summed E-state index contributed by atoms with van der Waals surface area (Å²) in [6, 6.07) is 12.1. The van der Waals surface area contributed by atoms with Gasteiger partial charge in [-0.1, -0.05) is 23.0 Å². The summed E-state index contributed by atoms with van der Waals surface area (Å²) in [5, 5.41) is 9.86. The number of anilines is 1.